The number of amides is 1. The smallest absolute Gasteiger partial charge is 0.258 e. The third kappa shape index (κ3) is 2.49. The molecule has 0 aromatic carbocycles. The Bertz CT molecular complexity index is 386. The Balaban J connectivity index is 1.94. The van der Waals surface area contributed by atoms with Crippen LogP contribution in [-0.4, -0.2) is 23.0 Å². The summed E-state index contributed by atoms with van der Waals surface area (Å²) in [5, 5.41) is 11.0. The van der Waals surface area contributed by atoms with E-state index in [1.54, 1.807) is 11.8 Å². The van der Waals surface area contributed by atoms with Crippen molar-refractivity contribution >= 4 is 22.8 Å². The van der Waals surface area contributed by atoms with Gasteiger partial charge in [0.1, 0.15) is 0 Å². The number of thioether (sulfide) groups is 1. The first-order valence-electron chi connectivity index (χ1n) is 5.29. The summed E-state index contributed by atoms with van der Waals surface area (Å²) in [4.78, 5) is 15.9. The van der Waals surface area contributed by atoms with Gasteiger partial charge in [-0.3, -0.25) is 4.79 Å². The lowest BCUT2D eigenvalue weighted by atomic mass is 10.2. The number of rotatable bonds is 3. The fraction of sp³-hybridized carbons (Fsp3) is 0.600. The van der Waals surface area contributed by atoms with Gasteiger partial charge >= 0.3 is 0 Å². The molecule has 16 heavy (non-hydrogen) atoms. The molecular formula is C10H14N4OS. The largest absolute Gasteiger partial charge is 0.301 e. The van der Waals surface area contributed by atoms with Gasteiger partial charge in [-0.1, -0.05) is 25.6 Å². The number of amidine groups is 1. The second-order valence-corrected chi connectivity index (χ2v) is 5.19. The van der Waals surface area contributed by atoms with Gasteiger partial charge in [0, 0.05) is 5.75 Å². The Morgan fingerprint density at radius 3 is 3.12 bits per heavy atom. The molecule has 0 spiro atoms. The first-order chi connectivity index (χ1) is 7.66. The number of carbonyl (C=O) groups is 1. The third-order valence-electron chi connectivity index (χ3n) is 2.31. The van der Waals surface area contributed by atoms with Gasteiger partial charge < -0.3 is 5.32 Å². The molecule has 6 heteroatoms. The summed E-state index contributed by atoms with van der Waals surface area (Å²) >= 11 is 1.57. The first kappa shape index (κ1) is 11.3. The number of azo groups is 1. The molecule has 2 heterocycles. The van der Waals surface area contributed by atoms with Crippen molar-refractivity contribution < 1.29 is 4.79 Å². The second-order valence-electron chi connectivity index (χ2n) is 4.11. The van der Waals surface area contributed by atoms with Crippen LogP contribution in [0.2, 0.25) is 0 Å². The maximum atomic E-state index is 11.6. The fourth-order valence-electron chi connectivity index (χ4n) is 1.34. The van der Waals surface area contributed by atoms with Gasteiger partial charge in [-0.05, 0) is 12.3 Å². The van der Waals surface area contributed by atoms with E-state index in [9.17, 15) is 4.79 Å². The molecule has 0 saturated carbocycles. The first-order valence-corrected chi connectivity index (χ1v) is 6.27. The molecule has 0 aromatic rings. The standard InChI is InChI=1S/C10H14N4OS/c1-6(2)3-4-16-10-12-8-7(5-11-14-8)9(15)13-10/h5-6,8H,3-4H2,1-2H3,(H,12,13,15). The van der Waals surface area contributed by atoms with E-state index in [-0.39, 0.29) is 5.91 Å². The average molecular weight is 238 g/mol. The van der Waals surface area contributed by atoms with Crippen LogP contribution < -0.4 is 5.32 Å². The van der Waals surface area contributed by atoms with Gasteiger partial charge in [0.25, 0.3) is 5.91 Å². The summed E-state index contributed by atoms with van der Waals surface area (Å²) in [5.74, 6) is 1.49. The predicted molar refractivity (Wildman–Crippen MR) is 64.2 cm³/mol. The van der Waals surface area contributed by atoms with Crippen LogP contribution in [0.15, 0.2) is 27.0 Å². The fourth-order valence-corrected chi connectivity index (χ4v) is 2.46. The molecule has 5 nitrogen and oxygen atoms in total. The van der Waals surface area contributed by atoms with Gasteiger partial charge in [0.15, 0.2) is 11.3 Å². The van der Waals surface area contributed by atoms with Crippen molar-refractivity contribution in [2.75, 3.05) is 5.75 Å². The van der Waals surface area contributed by atoms with Gasteiger partial charge in [-0.2, -0.15) is 10.2 Å². The molecule has 1 amide bonds. The monoisotopic (exact) mass is 238 g/mol. The Kier molecular flexibility index (Phi) is 3.38. The topological polar surface area (TPSA) is 66.2 Å². The van der Waals surface area contributed by atoms with Gasteiger partial charge in [0.2, 0.25) is 0 Å². The minimum atomic E-state index is -0.407. The molecule has 2 aliphatic rings. The number of nitrogens with zero attached hydrogens (tertiary/aromatic N) is 3. The van der Waals surface area contributed by atoms with Crippen LogP contribution in [0.25, 0.3) is 0 Å². The van der Waals surface area contributed by atoms with Crippen molar-refractivity contribution in [3.05, 3.63) is 11.8 Å². The van der Waals surface area contributed by atoms with Gasteiger partial charge in [0.05, 0.1) is 11.8 Å². The molecule has 0 saturated heterocycles. The Hall–Kier alpha value is -1.17. The minimum Gasteiger partial charge on any atom is -0.301 e. The third-order valence-corrected chi connectivity index (χ3v) is 3.23. The lowest BCUT2D eigenvalue weighted by Gasteiger charge is -2.17. The molecule has 86 valence electrons. The summed E-state index contributed by atoms with van der Waals surface area (Å²) < 4.78 is 0. The van der Waals surface area contributed by atoms with E-state index in [1.807, 2.05) is 0 Å². The average Bonchev–Trinajstić information content (AvgIpc) is 2.65. The zero-order chi connectivity index (χ0) is 11.5. The Morgan fingerprint density at radius 2 is 2.38 bits per heavy atom. The minimum absolute atomic E-state index is 0.128. The lowest BCUT2D eigenvalue weighted by molar-refractivity contribution is -0.116. The van der Waals surface area contributed by atoms with Crippen LogP contribution in [0.4, 0.5) is 0 Å². The predicted octanol–water partition coefficient (Wildman–Crippen LogP) is 1.93. The van der Waals surface area contributed by atoms with E-state index >= 15 is 0 Å². The van der Waals surface area contributed by atoms with Crippen LogP contribution in [-0.2, 0) is 4.79 Å². The van der Waals surface area contributed by atoms with Crippen LogP contribution in [0.3, 0.4) is 0 Å². The molecule has 1 N–H and O–H groups in total. The number of hydrogen-bond acceptors (Lipinski definition) is 5. The molecule has 0 bridgehead atoms. The summed E-state index contributed by atoms with van der Waals surface area (Å²) in [6.45, 7) is 4.35. The summed E-state index contributed by atoms with van der Waals surface area (Å²) in [5.41, 5.74) is 0.535. The van der Waals surface area contributed by atoms with Gasteiger partial charge in [-0.25, -0.2) is 4.99 Å². The molecule has 1 atom stereocenters. The van der Waals surface area contributed by atoms with Crippen LogP contribution in [0.1, 0.15) is 20.3 Å². The maximum Gasteiger partial charge on any atom is 0.258 e. The molecule has 0 fully saturated rings. The molecule has 2 aliphatic heterocycles. The number of fused-ring (bicyclic) bond motifs is 1. The van der Waals surface area contributed by atoms with Crippen LogP contribution in [0.5, 0.6) is 0 Å². The SMILES string of the molecule is CC(C)CCSC1=NC2N=NC=C2C(=O)N1. The highest BCUT2D eigenvalue weighted by atomic mass is 32.2. The Morgan fingerprint density at radius 1 is 1.56 bits per heavy atom. The summed E-state index contributed by atoms with van der Waals surface area (Å²) in [6, 6.07) is 0. The van der Waals surface area contributed by atoms with E-state index in [0.29, 0.717) is 16.7 Å². The van der Waals surface area contributed by atoms with Crippen molar-refractivity contribution in [1.29, 1.82) is 0 Å². The quantitative estimate of drug-likeness (QED) is 0.816. The van der Waals surface area contributed by atoms with Crippen LogP contribution >= 0.6 is 11.8 Å². The summed E-state index contributed by atoms with van der Waals surface area (Å²) in [6.07, 6.45) is 2.17. The van der Waals surface area contributed by atoms with Crippen molar-refractivity contribution in [3.8, 4) is 0 Å². The molecule has 0 aliphatic carbocycles. The van der Waals surface area contributed by atoms with E-state index in [2.05, 4.69) is 34.4 Å². The highest BCUT2D eigenvalue weighted by molar-refractivity contribution is 8.13. The number of carbonyl (C=O) groups excluding carboxylic acids is 1. The number of aliphatic imine (C=N–C) groups is 1. The van der Waals surface area contributed by atoms with E-state index in [0.717, 1.165) is 12.2 Å². The van der Waals surface area contributed by atoms with E-state index in [1.165, 1.54) is 6.20 Å². The zero-order valence-electron chi connectivity index (χ0n) is 9.30. The molecule has 1 unspecified atom stereocenters. The van der Waals surface area contributed by atoms with Gasteiger partial charge in [-0.15, -0.1) is 0 Å². The molecular weight excluding hydrogens is 224 g/mol. The highest BCUT2D eigenvalue weighted by Gasteiger charge is 2.29. The zero-order valence-corrected chi connectivity index (χ0v) is 10.1. The van der Waals surface area contributed by atoms with Crippen LogP contribution in [0, 0.1) is 5.92 Å². The van der Waals surface area contributed by atoms with Crippen molar-refractivity contribution in [1.82, 2.24) is 5.32 Å². The maximum absolute atomic E-state index is 11.6. The number of hydrogen-bond donors (Lipinski definition) is 1. The van der Waals surface area contributed by atoms with E-state index < -0.39 is 6.17 Å². The highest BCUT2D eigenvalue weighted by Crippen LogP contribution is 2.22. The van der Waals surface area contributed by atoms with E-state index in [4.69, 9.17) is 0 Å². The summed E-state index contributed by atoms with van der Waals surface area (Å²) in [7, 11) is 0. The normalized spacial score (nSPS) is 22.9. The number of nitrogens with one attached hydrogen (secondary N) is 1. The van der Waals surface area contributed by atoms with Crippen molar-refractivity contribution in [3.63, 3.8) is 0 Å². The lowest BCUT2D eigenvalue weighted by Crippen LogP contribution is -2.37. The molecule has 0 aromatic heterocycles. The molecule has 0 radical (unpaired) electrons. The van der Waals surface area contributed by atoms with Crippen molar-refractivity contribution in [2.45, 2.75) is 26.4 Å². The second kappa shape index (κ2) is 4.78. The Labute approximate surface area is 98.5 Å². The van der Waals surface area contributed by atoms with Crippen molar-refractivity contribution in [2.24, 2.45) is 21.1 Å². The molecule has 2 rings (SSSR count).